The molecule has 25 heavy (non-hydrogen) atoms. The Balaban J connectivity index is 2.70. The van der Waals surface area contributed by atoms with Gasteiger partial charge >= 0.3 is 18.3 Å². The lowest BCUT2D eigenvalue weighted by Crippen LogP contribution is -2.64. The number of oxime groups is 1. The van der Waals surface area contributed by atoms with Crippen molar-refractivity contribution in [1.82, 2.24) is 5.32 Å². The molecule has 0 radical (unpaired) electrons. The van der Waals surface area contributed by atoms with Crippen molar-refractivity contribution < 1.29 is 50.6 Å². The van der Waals surface area contributed by atoms with E-state index >= 15 is 0 Å². The van der Waals surface area contributed by atoms with Gasteiger partial charge in [-0.1, -0.05) is 5.16 Å². The summed E-state index contributed by atoms with van der Waals surface area (Å²) in [5.41, 5.74) is -5.96. The van der Waals surface area contributed by atoms with Crippen LogP contribution in [0.4, 0.5) is 26.3 Å². The fourth-order valence-corrected chi connectivity index (χ4v) is 1.87. The average Bonchev–Trinajstić information content (AvgIpc) is 2.94. The predicted molar refractivity (Wildman–Crippen MR) is 68.2 cm³/mol. The minimum absolute atomic E-state index is 0.0997. The molecular weight excluding hydrogens is 366 g/mol. The van der Waals surface area contributed by atoms with Crippen LogP contribution in [-0.2, 0) is 19.2 Å². The molecule has 2 N–H and O–H groups in total. The third-order valence-corrected chi connectivity index (χ3v) is 3.18. The van der Waals surface area contributed by atoms with Crippen molar-refractivity contribution in [3.63, 3.8) is 0 Å². The number of carbonyl (C=O) groups is 2. The second-order valence-electron chi connectivity index (χ2n) is 4.91. The molecule has 144 valence electrons. The first-order valence-electron chi connectivity index (χ1n) is 6.87. The van der Waals surface area contributed by atoms with Gasteiger partial charge in [0, 0.05) is 13.0 Å². The fourth-order valence-electron chi connectivity index (χ4n) is 1.87. The van der Waals surface area contributed by atoms with E-state index < -0.39 is 48.1 Å². The Hall–Kier alpha value is -2.05. The van der Waals surface area contributed by atoms with Crippen LogP contribution in [0.3, 0.4) is 0 Å². The number of alkyl halides is 6. The van der Waals surface area contributed by atoms with Crippen molar-refractivity contribution in [3.05, 3.63) is 0 Å². The molecule has 7 nitrogen and oxygen atoms in total. The van der Waals surface area contributed by atoms with Crippen LogP contribution >= 0.6 is 0 Å². The molecule has 13 heteroatoms. The highest BCUT2D eigenvalue weighted by atomic mass is 19.4. The highest BCUT2D eigenvalue weighted by Gasteiger charge is 2.76. The second kappa shape index (κ2) is 7.45. The monoisotopic (exact) mass is 380 g/mol. The normalized spacial score (nSPS) is 18.4. The van der Waals surface area contributed by atoms with Gasteiger partial charge in [-0.3, -0.25) is 9.59 Å². The highest BCUT2D eigenvalue weighted by molar-refractivity contribution is 6.39. The van der Waals surface area contributed by atoms with Gasteiger partial charge in [0.2, 0.25) is 0 Å². The van der Waals surface area contributed by atoms with Gasteiger partial charge in [0.15, 0.2) is 6.10 Å². The first kappa shape index (κ1) is 21.0. The molecule has 0 aromatic carbocycles. The van der Waals surface area contributed by atoms with E-state index in [9.17, 15) is 35.9 Å². The summed E-state index contributed by atoms with van der Waals surface area (Å²) in [6.07, 6.45) is -16.5. The summed E-state index contributed by atoms with van der Waals surface area (Å²) < 4.78 is 80.7. The Kier molecular flexibility index (Phi) is 6.26. The molecule has 0 aromatic rings. The number of amides is 1. The Labute approximate surface area is 136 Å². The predicted octanol–water partition coefficient (Wildman–Crippen LogP) is 1.06. The summed E-state index contributed by atoms with van der Waals surface area (Å²) in [5, 5.41) is 14.1. The van der Waals surface area contributed by atoms with Crippen LogP contribution < -0.4 is 5.32 Å². The fraction of sp³-hybridized carbons (Fsp3) is 0.750. The van der Waals surface area contributed by atoms with Crippen LogP contribution in [0.1, 0.15) is 19.8 Å². The zero-order valence-corrected chi connectivity index (χ0v) is 12.7. The third kappa shape index (κ3) is 4.52. The number of halogens is 6. The number of aliphatic hydroxyl groups is 1. The van der Waals surface area contributed by atoms with Gasteiger partial charge in [0.25, 0.3) is 11.5 Å². The van der Waals surface area contributed by atoms with E-state index in [0.717, 1.165) is 0 Å². The summed E-state index contributed by atoms with van der Waals surface area (Å²) in [7, 11) is 0. The second-order valence-corrected chi connectivity index (χ2v) is 4.91. The minimum Gasteiger partial charge on any atom is -0.466 e. The Bertz CT molecular complexity index is 531. The lowest BCUT2D eigenvalue weighted by Gasteiger charge is -2.35. The molecule has 0 saturated carbocycles. The Morgan fingerprint density at radius 3 is 2.32 bits per heavy atom. The average molecular weight is 380 g/mol. The standard InChI is InChI=1S/C12H14F6N2O5/c1-2-24-8(21)3-4-19-9(22)6-5-7(25-20-6)10(23,11(13,14)15)12(16,17)18/h7,23H,2-5H2,1H3,(H,19,22). The molecule has 0 saturated heterocycles. The van der Waals surface area contributed by atoms with Gasteiger partial charge in [-0.2, -0.15) is 26.3 Å². The molecule has 1 rings (SSSR count). The molecule has 0 fully saturated rings. The van der Waals surface area contributed by atoms with E-state index in [2.05, 4.69) is 20.0 Å². The van der Waals surface area contributed by atoms with E-state index in [-0.39, 0.29) is 19.6 Å². The van der Waals surface area contributed by atoms with Crippen LogP contribution in [0, 0.1) is 0 Å². The van der Waals surface area contributed by atoms with Gasteiger partial charge in [0.05, 0.1) is 13.0 Å². The molecule has 1 heterocycles. The lowest BCUT2D eigenvalue weighted by molar-refractivity contribution is -0.392. The molecular formula is C12H14F6N2O5. The van der Waals surface area contributed by atoms with Crippen LogP contribution in [-0.4, -0.2) is 59.9 Å². The first-order chi connectivity index (χ1) is 11.3. The van der Waals surface area contributed by atoms with E-state index in [1.54, 1.807) is 6.92 Å². The molecule has 0 aliphatic carbocycles. The topological polar surface area (TPSA) is 97.2 Å². The highest BCUT2D eigenvalue weighted by Crippen LogP contribution is 2.47. The number of rotatable bonds is 6. The largest absolute Gasteiger partial charge is 0.466 e. The number of ether oxygens (including phenoxy) is 1. The molecule has 0 bridgehead atoms. The molecule has 1 unspecified atom stereocenters. The van der Waals surface area contributed by atoms with Gasteiger partial charge in [-0.15, -0.1) is 0 Å². The van der Waals surface area contributed by atoms with Crippen LogP contribution in [0.25, 0.3) is 0 Å². The van der Waals surface area contributed by atoms with Crippen molar-refractivity contribution in [2.75, 3.05) is 13.2 Å². The number of nitrogens with one attached hydrogen (secondary N) is 1. The van der Waals surface area contributed by atoms with E-state index in [1.165, 1.54) is 0 Å². The number of esters is 1. The minimum atomic E-state index is -6.10. The summed E-state index contributed by atoms with van der Waals surface area (Å²) in [5.74, 6) is -1.78. The molecule has 1 aliphatic rings. The van der Waals surface area contributed by atoms with Crippen LogP contribution in [0.5, 0.6) is 0 Å². The van der Waals surface area contributed by atoms with Gasteiger partial charge in [-0.25, -0.2) is 0 Å². The maximum atomic E-state index is 12.7. The van der Waals surface area contributed by atoms with Crippen molar-refractivity contribution >= 4 is 17.6 Å². The molecule has 0 spiro atoms. The van der Waals surface area contributed by atoms with Crippen molar-refractivity contribution in [1.29, 1.82) is 0 Å². The quantitative estimate of drug-likeness (QED) is 0.531. The third-order valence-electron chi connectivity index (χ3n) is 3.18. The Morgan fingerprint density at radius 1 is 1.28 bits per heavy atom. The number of hydrogen-bond acceptors (Lipinski definition) is 6. The number of hydrogen-bond donors (Lipinski definition) is 2. The van der Waals surface area contributed by atoms with E-state index in [1.807, 2.05) is 0 Å². The van der Waals surface area contributed by atoms with Gasteiger partial charge in [-0.05, 0) is 6.92 Å². The SMILES string of the molecule is CCOC(=O)CCNC(=O)C1=NOC(C(O)(C(F)(F)F)C(F)(F)F)C1. The Morgan fingerprint density at radius 2 is 1.84 bits per heavy atom. The summed E-state index contributed by atoms with van der Waals surface area (Å²) in [6, 6.07) is 0. The van der Waals surface area contributed by atoms with Crippen LogP contribution in [0.2, 0.25) is 0 Å². The maximum Gasteiger partial charge on any atom is 0.430 e. The first-order valence-corrected chi connectivity index (χ1v) is 6.87. The summed E-state index contributed by atoms with van der Waals surface area (Å²) in [6.45, 7) is 1.37. The van der Waals surface area contributed by atoms with Crippen molar-refractivity contribution in [2.24, 2.45) is 5.16 Å². The molecule has 1 amide bonds. The number of nitrogens with zero attached hydrogens (tertiary/aromatic N) is 1. The molecule has 0 aromatic heterocycles. The van der Waals surface area contributed by atoms with Crippen molar-refractivity contribution in [2.45, 2.75) is 43.8 Å². The zero-order chi connectivity index (χ0) is 19.5. The van der Waals surface area contributed by atoms with Crippen molar-refractivity contribution in [3.8, 4) is 0 Å². The molecule has 1 aliphatic heterocycles. The summed E-state index contributed by atoms with van der Waals surface area (Å²) >= 11 is 0. The maximum absolute atomic E-state index is 12.7. The zero-order valence-electron chi connectivity index (χ0n) is 12.7. The van der Waals surface area contributed by atoms with E-state index in [0.29, 0.717) is 0 Å². The van der Waals surface area contributed by atoms with Crippen LogP contribution in [0.15, 0.2) is 5.16 Å². The summed E-state index contributed by atoms with van der Waals surface area (Å²) in [4.78, 5) is 26.7. The lowest BCUT2D eigenvalue weighted by atomic mass is 9.91. The van der Waals surface area contributed by atoms with E-state index in [4.69, 9.17) is 5.11 Å². The van der Waals surface area contributed by atoms with Gasteiger partial charge < -0.3 is 20.0 Å². The van der Waals surface area contributed by atoms with Gasteiger partial charge in [0.1, 0.15) is 5.71 Å². The smallest absolute Gasteiger partial charge is 0.430 e. The molecule has 1 atom stereocenters. The number of carbonyl (C=O) groups excluding carboxylic acids is 2.